The van der Waals surface area contributed by atoms with Crippen LogP contribution in [0.2, 0.25) is 0 Å². The van der Waals surface area contributed by atoms with Crippen LogP contribution in [0.25, 0.3) is 10.8 Å². The number of nitroso groups, excluding NO2 is 1. The monoisotopic (exact) mass is 292 g/mol. The predicted molar refractivity (Wildman–Crippen MR) is 70.6 cm³/mol. The molecule has 0 radical (unpaired) electrons. The molecule has 0 heterocycles. The number of hydrogen-bond acceptors (Lipinski definition) is 3. The Morgan fingerprint density at radius 2 is 1.82 bits per heavy atom. The first-order valence-corrected chi connectivity index (χ1v) is 5.75. The average Bonchev–Trinajstić information content (AvgIpc) is 2.33. The van der Waals surface area contributed by atoms with Crippen molar-refractivity contribution < 1.29 is 4.79 Å². The van der Waals surface area contributed by atoms with Crippen LogP contribution >= 0.6 is 15.9 Å². The summed E-state index contributed by atoms with van der Waals surface area (Å²) >= 11 is 3.43. The van der Waals surface area contributed by atoms with Gasteiger partial charge in [0, 0.05) is 16.8 Å². The molecule has 0 spiro atoms. The predicted octanol–water partition coefficient (Wildman–Crippen LogP) is 3.64. The molecule has 0 aromatic heterocycles. The number of halogens is 1. The van der Waals surface area contributed by atoms with Crippen LogP contribution in [0.5, 0.6) is 0 Å². The Balaban J connectivity index is 2.74. The Morgan fingerprint density at radius 1 is 1.18 bits per heavy atom. The van der Waals surface area contributed by atoms with Gasteiger partial charge in [0.05, 0.1) is 11.0 Å². The van der Waals surface area contributed by atoms with E-state index in [4.69, 9.17) is 0 Å². The van der Waals surface area contributed by atoms with Crippen LogP contribution in [-0.4, -0.2) is 5.91 Å². The van der Waals surface area contributed by atoms with E-state index in [0.717, 1.165) is 20.3 Å². The highest BCUT2D eigenvalue weighted by atomic mass is 79.9. The van der Waals surface area contributed by atoms with Crippen LogP contribution in [0, 0.1) is 4.91 Å². The number of carbonyl (C=O) groups is 1. The van der Waals surface area contributed by atoms with E-state index in [9.17, 15) is 9.70 Å². The Hall–Kier alpha value is -1.75. The molecule has 2 aromatic rings. The molecule has 0 saturated carbocycles. The molecule has 0 aliphatic rings. The van der Waals surface area contributed by atoms with Gasteiger partial charge in [0.2, 0.25) is 5.91 Å². The van der Waals surface area contributed by atoms with E-state index in [-0.39, 0.29) is 0 Å². The van der Waals surface area contributed by atoms with Gasteiger partial charge in [-0.15, -0.1) is 4.91 Å². The van der Waals surface area contributed by atoms with Gasteiger partial charge in [-0.25, -0.2) is 0 Å². The van der Waals surface area contributed by atoms with Crippen molar-refractivity contribution in [3.8, 4) is 0 Å². The molecular formula is C12H9BrN2O2. The van der Waals surface area contributed by atoms with Crippen molar-refractivity contribution in [2.24, 2.45) is 5.29 Å². The van der Waals surface area contributed by atoms with Crippen molar-refractivity contribution in [1.82, 2.24) is 0 Å². The van der Waals surface area contributed by atoms with Crippen LogP contribution in [0.15, 0.2) is 46.2 Å². The second kappa shape index (κ2) is 4.63. The molecule has 5 heteroatoms. The molecule has 0 fully saturated rings. The van der Waals surface area contributed by atoms with Gasteiger partial charge in [-0.1, -0.05) is 40.2 Å². The van der Waals surface area contributed by atoms with E-state index >= 15 is 0 Å². The first-order chi connectivity index (χ1) is 8.15. The van der Waals surface area contributed by atoms with Crippen LogP contribution in [0.4, 0.5) is 5.69 Å². The fourth-order valence-electron chi connectivity index (χ4n) is 1.70. The van der Waals surface area contributed by atoms with Gasteiger partial charge in [-0.2, -0.15) is 5.01 Å². The van der Waals surface area contributed by atoms with Crippen molar-refractivity contribution in [1.29, 1.82) is 0 Å². The van der Waals surface area contributed by atoms with Gasteiger partial charge in [-0.3, -0.25) is 4.79 Å². The van der Waals surface area contributed by atoms with Gasteiger partial charge < -0.3 is 0 Å². The van der Waals surface area contributed by atoms with Gasteiger partial charge in [-0.05, 0) is 17.5 Å². The van der Waals surface area contributed by atoms with Crippen molar-refractivity contribution in [3.05, 3.63) is 45.8 Å². The lowest BCUT2D eigenvalue weighted by molar-refractivity contribution is -0.116. The van der Waals surface area contributed by atoms with E-state index in [1.807, 2.05) is 24.3 Å². The Bertz CT molecular complexity index is 598. The molecule has 0 aliphatic carbocycles. The third kappa shape index (κ3) is 2.06. The summed E-state index contributed by atoms with van der Waals surface area (Å²) in [6.45, 7) is 1.30. The highest BCUT2D eigenvalue weighted by Crippen LogP contribution is 2.32. The standard InChI is InChI=1S/C12H9BrN2O2/c1-8(16)15(14-17)12-7-6-11(13)9-4-2-3-5-10(9)12/h2-7H,1H3. The lowest BCUT2D eigenvalue weighted by Gasteiger charge is -2.14. The van der Waals surface area contributed by atoms with E-state index < -0.39 is 5.91 Å². The normalized spacial score (nSPS) is 10.2. The highest BCUT2D eigenvalue weighted by Gasteiger charge is 2.15. The largest absolute Gasteiger partial charge is 0.273 e. The number of fused-ring (bicyclic) bond motifs is 1. The molecule has 17 heavy (non-hydrogen) atoms. The fraction of sp³-hybridized carbons (Fsp3) is 0.0833. The zero-order chi connectivity index (χ0) is 12.4. The van der Waals surface area contributed by atoms with Crippen molar-refractivity contribution in [2.45, 2.75) is 6.92 Å². The lowest BCUT2D eigenvalue weighted by atomic mass is 10.1. The van der Waals surface area contributed by atoms with Crippen LogP contribution in [-0.2, 0) is 4.79 Å². The molecule has 4 nitrogen and oxygen atoms in total. The average molecular weight is 293 g/mol. The van der Waals surface area contributed by atoms with Gasteiger partial charge in [0.1, 0.15) is 0 Å². The summed E-state index contributed by atoms with van der Waals surface area (Å²) < 4.78 is 0.909. The first-order valence-electron chi connectivity index (χ1n) is 4.96. The number of hydrogen-bond donors (Lipinski definition) is 0. The summed E-state index contributed by atoms with van der Waals surface area (Å²) in [6.07, 6.45) is 0. The summed E-state index contributed by atoms with van der Waals surface area (Å²) in [5.41, 5.74) is 0.492. The summed E-state index contributed by atoms with van der Waals surface area (Å²) in [5.74, 6) is -0.410. The smallest absolute Gasteiger partial charge is 0.246 e. The minimum absolute atomic E-state index is 0.410. The first kappa shape index (κ1) is 11.7. The number of anilines is 1. The molecule has 0 atom stereocenters. The minimum Gasteiger partial charge on any atom is -0.273 e. The summed E-state index contributed by atoms with van der Waals surface area (Å²) in [6, 6.07) is 11.0. The van der Waals surface area contributed by atoms with Gasteiger partial charge in [0.15, 0.2) is 0 Å². The number of nitrogens with zero attached hydrogens (tertiary/aromatic N) is 2. The van der Waals surface area contributed by atoms with Crippen molar-refractivity contribution in [2.75, 3.05) is 5.01 Å². The maximum absolute atomic E-state index is 11.3. The molecule has 0 saturated heterocycles. The highest BCUT2D eigenvalue weighted by molar-refractivity contribution is 9.10. The molecule has 2 rings (SSSR count). The maximum atomic E-state index is 11.3. The van der Waals surface area contributed by atoms with Crippen LogP contribution in [0.1, 0.15) is 6.92 Å². The van der Waals surface area contributed by atoms with Gasteiger partial charge in [0.25, 0.3) is 0 Å². The SMILES string of the molecule is CC(=O)N(N=O)c1ccc(Br)c2ccccc12. The third-order valence-electron chi connectivity index (χ3n) is 2.46. The topological polar surface area (TPSA) is 49.7 Å². The van der Waals surface area contributed by atoms with Gasteiger partial charge >= 0.3 is 0 Å². The molecule has 0 aliphatic heterocycles. The van der Waals surface area contributed by atoms with E-state index in [1.54, 1.807) is 12.1 Å². The molecular weight excluding hydrogens is 284 g/mol. The lowest BCUT2D eigenvalue weighted by Crippen LogP contribution is -2.21. The zero-order valence-corrected chi connectivity index (χ0v) is 10.6. The van der Waals surface area contributed by atoms with Crippen molar-refractivity contribution >= 4 is 38.3 Å². The third-order valence-corrected chi connectivity index (χ3v) is 3.15. The summed E-state index contributed by atoms with van der Waals surface area (Å²) in [7, 11) is 0. The Morgan fingerprint density at radius 3 is 2.41 bits per heavy atom. The number of amides is 1. The maximum Gasteiger partial charge on any atom is 0.246 e. The summed E-state index contributed by atoms with van der Waals surface area (Å²) in [5, 5.41) is 5.34. The second-order valence-corrected chi connectivity index (χ2v) is 4.38. The van der Waals surface area contributed by atoms with E-state index in [1.165, 1.54) is 6.92 Å². The summed E-state index contributed by atoms with van der Waals surface area (Å²) in [4.78, 5) is 22.0. The minimum atomic E-state index is -0.410. The number of benzene rings is 2. The molecule has 0 bridgehead atoms. The molecule has 86 valence electrons. The van der Waals surface area contributed by atoms with Crippen LogP contribution in [0.3, 0.4) is 0 Å². The van der Waals surface area contributed by atoms with E-state index in [2.05, 4.69) is 21.2 Å². The molecule has 0 unspecified atom stereocenters. The molecule has 0 N–H and O–H groups in total. The second-order valence-electron chi connectivity index (χ2n) is 3.52. The number of carbonyl (C=O) groups excluding carboxylic acids is 1. The fourth-order valence-corrected chi connectivity index (χ4v) is 2.18. The van der Waals surface area contributed by atoms with Crippen molar-refractivity contribution in [3.63, 3.8) is 0 Å². The Labute approximate surface area is 106 Å². The zero-order valence-electron chi connectivity index (χ0n) is 9.05. The quantitative estimate of drug-likeness (QED) is 0.627. The molecule has 2 aromatic carbocycles. The van der Waals surface area contributed by atoms with Crippen LogP contribution < -0.4 is 5.01 Å². The number of rotatable bonds is 2. The molecule has 1 amide bonds. The Kier molecular flexibility index (Phi) is 3.19. The van der Waals surface area contributed by atoms with E-state index in [0.29, 0.717) is 5.69 Å².